The first-order valence-corrected chi connectivity index (χ1v) is 9.30. The van der Waals surface area contributed by atoms with Gasteiger partial charge in [0.25, 0.3) is 0 Å². The molecule has 1 amide bonds. The van der Waals surface area contributed by atoms with Crippen LogP contribution in [0.5, 0.6) is 0 Å². The molecule has 4 rings (SSSR count). The summed E-state index contributed by atoms with van der Waals surface area (Å²) < 4.78 is 17.7. The van der Waals surface area contributed by atoms with Gasteiger partial charge in [0, 0.05) is 51.0 Å². The van der Waals surface area contributed by atoms with E-state index in [1.165, 1.54) is 6.39 Å². The van der Waals surface area contributed by atoms with E-state index in [1.54, 1.807) is 13.4 Å². The van der Waals surface area contributed by atoms with Crippen LogP contribution in [0.15, 0.2) is 17.1 Å². The molecule has 2 aliphatic rings. The van der Waals surface area contributed by atoms with Gasteiger partial charge in [-0.05, 0) is 0 Å². The van der Waals surface area contributed by atoms with Crippen molar-refractivity contribution in [1.29, 1.82) is 0 Å². The van der Waals surface area contributed by atoms with E-state index in [1.807, 2.05) is 9.58 Å². The Bertz CT molecular complexity index is 767. The van der Waals surface area contributed by atoms with Crippen LogP contribution < -0.4 is 0 Å². The quantitative estimate of drug-likeness (QED) is 0.722. The van der Waals surface area contributed by atoms with Gasteiger partial charge in [-0.25, -0.2) is 4.98 Å². The number of hydrogen-bond donors (Lipinski definition) is 0. The molecule has 0 atom stereocenters. The van der Waals surface area contributed by atoms with Gasteiger partial charge in [-0.3, -0.25) is 14.4 Å². The molecule has 4 heterocycles. The lowest BCUT2D eigenvalue weighted by Crippen LogP contribution is -2.46. The van der Waals surface area contributed by atoms with Gasteiger partial charge < -0.3 is 18.8 Å². The van der Waals surface area contributed by atoms with E-state index in [-0.39, 0.29) is 5.91 Å². The number of fused-ring (bicyclic) bond motifs is 1. The molecule has 146 valence electrons. The first-order chi connectivity index (χ1) is 13.3. The zero-order valence-electron chi connectivity index (χ0n) is 15.6. The van der Waals surface area contributed by atoms with Crippen molar-refractivity contribution in [2.75, 3.05) is 53.1 Å². The number of ether oxygens (including phenoxy) is 2. The summed E-state index contributed by atoms with van der Waals surface area (Å²) in [7, 11) is 1.68. The van der Waals surface area contributed by atoms with E-state index in [2.05, 4.69) is 9.88 Å². The van der Waals surface area contributed by atoms with Crippen LogP contribution in [0, 0.1) is 0 Å². The number of oxazole rings is 1. The number of methoxy groups -OCH3 is 1. The van der Waals surface area contributed by atoms with Crippen LogP contribution in [-0.4, -0.2) is 83.6 Å². The maximum absolute atomic E-state index is 12.8. The monoisotopic (exact) mass is 375 g/mol. The molecule has 2 aromatic rings. The molecule has 9 heteroatoms. The molecule has 9 nitrogen and oxygen atoms in total. The van der Waals surface area contributed by atoms with Crippen molar-refractivity contribution in [3.8, 4) is 11.4 Å². The summed E-state index contributed by atoms with van der Waals surface area (Å²) in [6.07, 6.45) is 3.77. The highest BCUT2D eigenvalue weighted by atomic mass is 16.5. The molecular weight excluding hydrogens is 350 g/mol. The standard InChI is InChI=1S/C18H25N5O4/c1-25-7-6-23-16-2-3-22(17(24)11-21-4-8-26-9-5-21)10-14(16)18(20-23)15-12-27-13-19-15/h12-13H,2-11H2,1H3. The highest BCUT2D eigenvalue weighted by molar-refractivity contribution is 5.79. The van der Waals surface area contributed by atoms with E-state index >= 15 is 0 Å². The summed E-state index contributed by atoms with van der Waals surface area (Å²) in [4.78, 5) is 21.1. The van der Waals surface area contributed by atoms with Crippen molar-refractivity contribution in [2.45, 2.75) is 19.5 Å². The summed E-state index contributed by atoms with van der Waals surface area (Å²) in [5.74, 6) is 0.151. The summed E-state index contributed by atoms with van der Waals surface area (Å²) in [6.45, 7) is 5.97. The molecule has 27 heavy (non-hydrogen) atoms. The van der Waals surface area contributed by atoms with Crippen molar-refractivity contribution in [3.63, 3.8) is 0 Å². The Morgan fingerprint density at radius 3 is 2.89 bits per heavy atom. The Balaban J connectivity index is 1.53. The molecular formula is C18H25N5O4. The summed E-state index contributed by atoms with van der Waals surface area (Å²) in [5.41, 5.74) is 3.70. The number of nitrogens with zero attached hydrogens (tertiary/aromatic N) is 5. The van der Waals surface area contributed by atoms with Gasteiger partial charge >= 0.3 is 0 Å². The normalized spacial score (nSPS) is 17.9. The Morgan fingerprint density at radius 1 is 1.30 bits per heavy atom. The van der Waals surface area contributed by atoms with E-state index in [4.69, 9.17) is 19.0 Å². The zero-order chi connectivity index (χ0) is 18.6. The van der Waals surface area contributed by atoms with Gasteiger partial charge in [0.05, 0.1) is 32.9 Å². The third-order valence-corrected chi connectivity index (χ3v) is 5.13. The number of carbonyl (C=O) groups excluding carboxylic acids is 1. The molecule has 0 N–H and O–H groups in total. The molecule has 0 unspecified atom stereocenters. The molecule has 1 saturated heterocycles. The molecule has 2 aromatic heterocycles. The average Bonchev–Trinajstić information content (AvgIpc) is 3.34. The van der Waals surface area contributed by atoms with Gasteiger partial charge in [0.1, 0.15) is 17.7 Å². The lowest BCUT2D eigenvalue weighted by atomic mass is 10.0. The van der Waals surface area contributed by atoms with Crippen molar-refractivity contribution in [2.24, 2.45) is 0 Å². The van der Waals surface area contributed by atoms with Gasteiger partial charge in [0.15, 0.2) is 6.39 Å². The molecule has 0 bridgehead atoms. The maximum atomic E-state index is 12.8. The van der Waals surface area contributed by atoms with Crippen molar-refractivity contribution < 1.29 is 18.7 Å². The van der Waals surface area contributed by atoms with Crippen LogP contribution in [0.4, 0.5) is 0 Å². The second-order valence-electron chi connectivity index (χ2n) is 6.82. The van der Waals surface area contributed by atoms with Crippen LogP contribution in [0.3, 0.4) is 0 Å². The predicted molar refractivity (Wildman–Crippen MR) is 96.0 cm³/mol. The summed E-state index contributed by atoms with van der Waals surface area (Å²) in [5, 5.41) is 4.73. The van der Waals surface area contributed by atoms with Crippen LogP contribution in [-0.2, 0) is 33.8 Å². The lowest BCUT2D eigenvalue weighted by molar-refractivity contribution is -0.134. The molecule has 0 aliphatic carbocycles. The lowest BCUT2D eigenvalue weighted by Gasteiger charge is -2.32. The second kappa shape index (κ2) is 8.20. The van der Waals surface area contributed by atoms with Gasteiger partial charge in [-0.2, -0.15) is 5.10 Å². The number of rotatable bonds is 6. The van der Waals surface area contributed by atoms with E-state index in [0.29, 0.717) is 51.7 Å². The van der Waals surface area contributed by atoms with E-state index in [0.717, 1.165) is 36.5 Å². The molecule has 0 radical (unpaired) electrons. The molecule has 1 fully saturated rings. The minimum absolute atomic E-state index is 0.151. The topological polar surface area (TPSA) is 85.9 Å². The third-order valence-electron chi connectivity index (χ3n) is 5.13. The highest BCUT2D eigenvalue weighted by Crippen LogP contribution is 2.29. The Morgan fingerprint density at radius 2 is 2.15 bits per heavy atom. The minimum atomic E-state index is 0.151. The largest absolute Gasteiger partial charge is 0.451 e. The Kier molecular flexibility index (Phi) is 5.51. The minimum Gasteiger partial charge on any atom is -0.451 e. The first kappa shape index (κ1) is 18.1. The summed E-state index contributed by atoms with van der Waals surface area (Å²) >= 11 is 0. The smallest absolute Gasteiger partial charge is 0.237 e. The van der Waals surface area contributed by atoms with Crippen LogP contribution in [0.25, 0.3) is 11.4 Å². The first-order valence-electron chi connectivity index (χ1n) is 9.30. The van der Waals surface area contributed by atoms with Crippen molar-refractivity contribution in [1.82, 2.24) is 24.6 Å². The van der Waals surface area contributed by atoms with Crippen molar-refractivity contribution in [3.05, 3.63) is 23.9 Å². The van der Waals surface area contributed by atoms with Crippen LogP contribution in [0.2, 0.25) is 0 Å². The average molecular weight is 375 g/mol. The number of hydrogen-bond acceptors (Lipinski definition) is 7. The third kappa shape index (κ3) is 3.90. The van der Waals surface area contributed by atoms with Crippen LogP contribution >= 0.6 is 0 Å². The zero-order valence-corrected chi connectivity index (χ0v) is 15.6. The van der Waals surface area contributed by atoms with Crippen molar-refractivity contribution >= 4 is 5.91 Å². The SMILES string of the molecule is COCCn1nc(-c2cocn2)c2c1CCN(C(=O)CN1CCOCC1)C2. The fourth-order valence-corrected chi connectivity index (χ4v) is 3.65. The number of carbonyl (C=O) groups is 1. The maximum Gasteiger partial charge on any atom is 0.237 e. The number of morpholine rings is 1. The summed E-state index contributed by atoms with van der Waals surface area (Å²) in [6, 6.07) is 0. The fraction of sp³-hybridized carbons (Fsp3) is 0.611. The molecule has 2 aliphatic heterocycles. The Hall–Kier alpha value is -2.23. The Labute approximate surface area is 157 Å². The number of aromatic nitrogens is 3. The van der Waals surface area contributed by atoms with Gasteiger partial charge in [0.2, 0.25) is 5.91 Å². The molecule has 0 aromatic carbocycles. The molecule has 0 spiro atoms. The van der Waals surface area contributed by atoms with E-state index < -0.39 is 0 Å². The predicted octanol–water partition coefficient (Wildman–Crippen LogP) is 0.401. The second-order valence-corrected chi connectivity index (χ2v) is 6.82. The van der Waals surface area contributed by atoms with Gasteiger partial charge in [-0.15, -0.1) is 0 Å². The molecule has 0 saturated carbocycles. The van der Waals surface area contributed by atoms with Crippen LogP contribution in [0.1, 0.15) is 11.3 Å². The van der Waals surface area contributed by atoms with E-state index in [9.17, 15) is 4.79 Å². The van der Waals surface area contributed by atoms with Gasteiger partial charge in [-0.1, -0.05) is 0 Å². The highest BCUT2D eigenvalue weighted by Gasteiger charge is 2.29. The number of amides is 1. The fourth-order valence-electron chi connectivity index (χ4n) is 3.65.